The maximum Gasteiger partial charge on any atom is 0.239 e. The van der Waals surface area contributed by atoms with Crippen LogP contribution in [0.1, 0.15) is 17.5 Å². The predicted octanol–water partition coefficient (Wildman–Crippen LogP) is 3.46. The van der Waals surface area contributed by atoms with Gasteiger partial charge in [-0.15, -0.1) is 0 Å². The quantitative estimate of drug-likeness (QED) is 0.849. The molecule has 1 atom stereocenters. The van der Waals surface area contributed by atoms with Gasteiger partial charge < -0.3 is 10.2 Å². The smallest absolute Gasteiger partial charge is 0.239 e. The number of nitrogens with zero attached hydrogens (tertiary/aromatic N) is 1. The molecule has 1 N–H and O–H groups in total. The molecular weight excluding hydrogens is 343 g/mol. The van der Waals surface area contributed by atoms with Crippen LogP contribution in [-0.2, 0) is 16.1 Å². The Bertz CT molecular complexity index is 808. The number of halogens is 2. The van der Waals surface area contributed by atoms with Crippen LogP contribution in [0.5, 0.6) is 0 Å². The van der Waals surface area contributed by atoms with Crippen molar-refractivity contribution in [3.63, 3.8) is 0 Å². The zero-order chi connectivity index (χ0) is 18.0. The summed E-state index contributed by atoms with van der Waals surface area (Å²) >= 11 is 6.02. The molecule has 0 aromatic heterocycles. The van der Waals surface area contributed by atoms with Crippen LogP contribution in [0.4, 0.5) is 10.1 Å². The maximum absolute atomic E-state index is 12.9. The summed E-state index contributed by atoms with van der Waals surface area (Å²) in [5.74, 6) is -1.53. The molecule has 0 radical (unpaired) electrons. The van der Waals surface area contributed by atoms with E-state index in [1.807, 2.05) is 13.0 Å². The molecule has 0 spiro atoms. The minimum absolute atomic E-state index is 0.210. The number of nitrogens with one attached hydrogen (secondary N) is 1. The van der Waals surface area contributed by atoms with Crippen molar-refractivity contribution in [3.8, 4) is 0 Å². The summed E-state index contributed by atoms with van der Waals surface area (Å²) in [6, 6.07) is 11.3. The lowest BCUT2D eigenvalue weighted by molar-refractivity contribution is -0.132. The van der Waals surface area contributed by atoms with Crippen molar-refractivity contribution < 1.29 is 14.0 Å². The number of rotatable bonds is 4. The van der Waals surface area contributed by atoms with Crippen molar-refractivity contribution >= 4 is 29.1 Å². The molecular formula is C19H18ClFN2O2. The minimum Gasteiger partial charge on any atom is -0.351 e. The van der Waals surface area contributed by atoms with Crippen molar-refractivity contribution in [2.75, 3.05) is 11.4 Å². The third-order valence-electron chi connectivity index (χ3n) is 4.36. The van der Waals surface area contributed by atoms with E-state index in [0.717, 1.165) is 16.8 Å². The van der Waals surface area contributed by atoms with E-state index in [1.165, 1.54) is 12.1 Å². The van der Waals surface area contributed by atoms with Gasteiger partial charge >= 0.3 is 0 Å². The summed E-state index contributed by atoms with van der Waals surface area (Å²) in [4.78, 5) is 26.5. The van der Waals surface area contributed by atoms with Gasteiger partial charge in [0.1, 0.15) is 11.7 Å². The average Bonchev–Trinajstić information content (AvgIpc) is 2.98. The minimum atomic E-state index is -0.698. The van der Waals surface area contributed by atoms with Crippen LogP contribution in [0.15, 0.2) is 42.5 Å². The third kappa shape index (κ3) is 3.82. The van der Waals surface area contributed by atoms with Gasteiger partial charge in [0.05, 0.1) is 0 Å². The molecule has 1 saturated heterocycles. The van der Waals surface area contributed by atoms with Gasteiger partial charge in [0, 0.05) is 23.8 Å². The molecule has 4 nitrogen and oxygen atoms in total. The first-order chi connectivity index (χ1) is 12.0. The lowest BCUT2D eigenvalue weighted by Crippen LogP contribution is -2.36. The largest absolute Gasteiger partial charge is 0.351 e. The molecule has 1 aliphatic heterocycles. The Morgan fingerprint density at radius 2 is 2.00 bits per heavy atom. The van der Waals surface area contributed by atoms with E-state index in [0.29, 0.717) is 18.0 Å². The number of carbonyl (C=O) groups is 2. The summed E-state index contributed by atoms with van der Waals surface area (Å²) in [5, 5.41) is 3.40. The molecule has 0 saturated carbocycles. The Kier molecular flexibility index (Phi) is 5.04. The Morgan fingerprint density at radius 3 is 2.68 bits per heavy atom. The number of hydrogen-bond acceptors (Lipinski definition) is 2. The SMILES string of the molecule is Cc1cc(N2CCC(C(=O)NCc3ccc(F)cc3)C2=O)ccc1Cl. The van der Waals surface area contributed by atoms with Crippen LogP contribution in [0, 0.1) is 18.7 Å². The molecule has 1 aliphatic rings. The third-order valence-corrected chi connectivity index (χ3v) is 4.78. The van der Waals surface area contributed by atoms with E-state index in [2.05, 4.69) is 5.32 Å². The van der Waals surface area contributed by atoms with Gasteiger partial charge in [0.25, 0.3) is 0 Å². The van der Waals surface area contributed by atoms with E-state index in [4.69, 9.17) is 11.6 Å². The highest BCUT2D eigenvalue weighted by Gasteiger charge is 2.37. The van der Waals surface area contributed by atoms with Gasteiger partial charge in [0.15, 0.2) is 0 Å². The number of benzene rings is 2. The van der Waals surface area contributed by atoms with Crippen molar-refractivity contribution in [3.05, 3.63) is 64.4 Å². The summed E-state index contributed by atoms with van der Waals surface area (Å²) < 4.78 is 12.9. The first-order valence-electron chi connectivity index (χ1n) is 8.05. The number of amides is 2. The molecule has 0 bridgehead atoms. The van der Waals surface area contributed by atoms with E-state index >= 15 is 0 Å². The highest BCUT2D eigenvalue weighted by molar-refractivity contribution is 6.31. The van der Waals surface area contributed by atoms with Crippen LogP contribution >= 0.6 is 11.6 Å². The van der Waals surface area contributed by atoms with Crippen LogP contribution < -0.4 is 10.2 Å². The van der Waals surface area contributed by atoms with Gasteiger partial charge in [-0.2, -0.15) is 0 Å². The molecule has 1 fully saturated rings. The molecule has 130 valence electrons. The molecule has 2 aromatic rings. The summed E-state index contributed by atoms with van der Waals surface area (Å²) in [6.45, 7) is 2.64. The summed E-state index contributed by atoms with van der Waals surface area (Å²) in [7, 11) is 0. The highest BCUT2D eigenvalue weighted by Crippen LogP contribution is 2.28. The highest BCUT2D eigenvalue weighted by atomic mass is 35.5. The summed E-state index contributed by atoms with van der Waals surface area (Å²) in [5.41, 5.74) is 2.42. The molecule has 2 aromatic carbocycles. The fourth-order valence-corrected chi connectivity index (χ4v) is 3.01. The Balaban J connectivity index is 1.63. The van der Waals surface area contributed by atoms with Gasteiger partial charge in [-0.3, -0.25) is 9.59 Å². The maximum atomic E-state index is 12.9. The summed E-state index contributed by atoms with van der Waals surface area (Å²) in [6.07, 6.45) is 0.468. The standard InChI is InChI=1S/C19H18ClFN2O2/c1-12-10-15(6-7-17(12)20)23-9-8-16(19(23)25)18(24)22-11-13-2-4-14(21)5-3-13/h2-7,10,16H,8-9,11H2,1H3,(H,22,24). The zero-order valence-electron chi connectivity index (χ0n) is 13.8. The van der Waals surface area contributed by atoms with Gasteiger partial charge in [0.2, 0.25) is 11.8 Å². The normalized spacial score (nSPS) is 17.0. The number of anilines is 1. The molecule has 0 aliphatic carbocycles. The Hall–Kier alpha value is -2.40. The second-order valence-electron chi connectivity index (χ2n) is 6.11. The fourth-order valence-electron chi connectivity index (χ4n) is 2.89. The van der Waals surface area contributed by atoms with E-state index in [9.17, 15) is 14.0 Å². The van der Waals surface area contributed by atoms with Crippen molar-refractivity contribution in [2.24, 2.45) is 5.92 Å². The van der Waals surface area contributed by atoms with Crippen LogP contribution in [0.2, 0.25) is 5.02 Å². The number of aryl methyl sites for hydroxylation is 1. The first kappa shape index (κ1) is 17.4. The van der Waals surface area contributed by atoms with Crippen LogP contribution in [-0.4, -0.2) is 18.4 Å². The monoisotopic (exact) mass is 360 g/mol. The van der Waals surface area contributed by atoms with E-state index in [1.54, 1.807) is 29.2 Å². The number of hydrogen-bond donors (Lipinski definition) is 1. The van der Waals surface area contributed by atoms with Crippen LogP contribution in [0.3, 0.4) is 0 Å². The fraction of sp³-hybridized carbons (Fsp3) is 0.263. The van der Waals surface area contributed by atoms with Crippen molar-refractivity contribution in [2.45, 2.75) is 19.9 Å². The van der Waals surface area contributed by atoms with Crippen molar-refractivity contribution in [1.29, 1.82) is 0 Å². The zero-order valence-corrected chi connectivity index (χ0v) is 14.5. The Labute approximate surface area is 150 Å². The van der Waals surface area contributed by atoms with Gasteiger partial charge in [-0.25, -0.2) is 4.39 Å². The van der Waals surface area contributed by atoms with Crippen LogP contribution in [0.25, 0.3) is 0 Å². The predicted molar refractivity (Wildman–Crippen MR) is 94.9 cm³/mol. The molecule has 1 heterocycles. The molecule has 6 heteroatoms. The Morgan fingerprint density at radius 1 is 1.28 bits per heavy atom. The van der Waals surface area contributed by atoms with E-state index in [-0.39, 0.29) is 24.2 Å². The number of carbonyl (C=O) groups excluding carboxylic acids is 2. The van der Waals surface area contributed by atoms with Crippen molar-refractivity contribution in [1.82, 2.24) is 5.32 Å². The molecule has 1 unspecified atom stereocenters. The average molecular weight is 361 g/mol. The molecule has 3 rings (SSSR count). The lowest BCUT2D eigenvalue weighted by atomic mass is 10.1. The van der Waals surface area contributed by atoms with Gasteiger partial charge in [-0.1, -0.05) is 23.7 Å². The molecule has 2 amide bonds. The second-order valence-corrected chi connectivity index (χ2v) is 6.52. The lowest BCUT2D eigenvalue weighted by Gasteiger charge is -2.17. The van der Waals surface area contributed by atoms with E-state index < -0.39 is 5.92 Å². The molecule has 25 heavy (non-hydrogen) atoms. The second kappa shape index (κ2) is 7.23. The topological polar surface area (TPSA) is 49.4 Å². The van der Waals surface area contributed by atoms with Gasteiger partial charge in [-0.05, 0) is 54.8 Å². The first-order valence-corrected chi connectivity index (χ1v) is 8.43.